The first kappa shape index (κ1) is 19.2. The van der Waals surface area contributed by atoms with Crippen molar-refractivity contribution in [3.05, 3.63) is 53.9 Å². The molecule has 1 saturated heterocycles. The van der Waals surface area contributed by atoms with Crippen LogP contribution in [0.5, 0.6) is 0 Å². The number of carbonyl (C=O) groups is 1. The molecule has 144 valence electrons. The Hall–Kier alpha value is -2.62. The lowest BCUT2D eigenvalue weighted by Gasteiger charge is -2.17. The molecule has 1 amide bonds. The van der Waals surface area contributed by atoms with Crippen LogP contribution in [-0.4, -0.2) is 31.6 Å². The van der Waals surface area contributed by atoms with Crippen LogP contribution in [0.2, 0.25) is 0 Å². The average Bonchev–Trinajstić information content (AvgIpc) is 2.94. The Morgan fingerprint density at radius 3 is 2.59 bits per heavy atom. The lowest BCUT2D eigenvalue weighted by Crippen LogP contribution is -2.25. The second-order valence-electron chi connectivity index (χ2n) is 6.07. The van der Waals surface area contributed by atoms with Crippen molar-refractivity contribution in [2.75, 3.05) is 21.9 Å². The molecule has 1 aliphatic rings. The summed E-state index contributed by atoms with van der Waals surface area (Å²) in [5.74, 6) is -0.359. The fourth-order valence-corrected chi connectivity index (χ4v) is 4.31. The van der Waals surface area contributed by atoms with Gasteiger partial charge in [0.05, 0.1) is 17.9 Å². The molecule has 1 aromatic heterocycles. The maximum Gasteiger partial charge on any atom is 0.433 e. The first-order valence-corrected chi connectivity index (χ1v) is 9.68. The number of nitrogens with one attached hydrogen (secondary N) is 1. The van der Waals surface area contributed by atoms with E-state index in [1.807, 2.05) is 0 Å². The number of nitrogens with zero attached hydrogens (tertiary/aromatic N) is 2. The molecule has 27 heavy (non-hydrogen) atoms. The number of alkyl halides is 3. The van der Waals surface area contributed by atoms with E-state index in [0.29, 0.717) is 29.9 Å². The molecular formula is C17H16F3N3O3S. The van der Waals surface area contributed by atoms with E-state index in [9.17, 15) is 26.4 Å². The van der Waals surface area contributed by atoms with Crippen LogP contribution in [0.4, 0.5) is 24.5 Å². The van der Waals surface area contributed by atoms with Crippen LogP contribution in [0.3, 0.4) is 0 Å². The van der Waals surface area contributed by atoms with Gasteiger partial charge in [0.1, 0.15) is 5.69 Å². The van der Waals surface area contributed by atoms with E-state index in [1.165, 1.54) is 10.4 Å². The Morgan fingerprint density at radius 1 is 1.22 bits per heavy atom. The normalized spacial score (nSPS) is 16.3. The van der Waals surface area contributed by atoms with E-state index in [0.717, 1.165) is 12.3 Å². The molecule has 0 bridgehead atoms. The highest BCUT2D eigenvalue weighted by Gasteiger charge is 2.32. The zero-order chi connectivity index (χ0) is 19.7. The number of pyridine rings is 1. The van der Waals surface area contributed by atoms with Gasteiger partial charge in [-0.3, -0.25) is 14.1 Å². The Labute approximate surface area is 154 Å². The Balaban J connectivity index is 1.67. The minimum Gasteiger partial charge on any atom is -0.326 e. The third-order valence-corrected chi connectivity index (χ3v) is 5.87. The summed E-state index contributed by atoms with van der Waals surface area (Å²) in [5, 5.41) is 2.62. The second kappa shape index (κ2) is 7.18. The number of aromatic nitrogens is 1. The number of hydrogen-bond donors (Lipinski definition) is 1. The first-order valence-electron chi connectivity index (χ1n) is 8.08. The summed E-state index contributed by atoms with van der Waals surface area (Å²) in [6.07, 6.45) is -3.13. The van der Waals surface area contributed by atoms with Gasteiger partial charge >= 0.3 is 6.18 Å². The van der Waals surface area contributed by atoms with Crippen molar-refractivity contribution in [1.82, 2.24) is 4.98 Å². The van der Waals surface area contributed by atoms with Gasteiger partial charge in [-0.2, -0.15) is 13.2 Å². The molecule has 1 aliphatic heterocycles. The van der Waals surface area contributed by atoms with Gasteiger partial charge in [-0.05, 0) is 36.2 Å². The molecule has 2 aromatic rings. The van der Waals surface area contributed by atoms with Crippen LogP contribution in [0.25, 0.3) is 0 Å². The minimum absolute atomic E-state index is 0.0878. The van der Waals surface area contributed by atoms with Crippen molar-refractivity contribution < 1.29 is 26.4 Å². The summed E-state index contributed by atoms with van der Waals surface area (Å²) in [6, 6.07) is 8.43. The quantitative estimate of drug-likeness (QED) is 0.858. The minimum atomic E-state index is -4.53. The fraction of sp³-hybridized carbons (Fsp3) is 0.294. The van der Waals surface area contributed by atoms with Gasteiger partial charge in [0.15, 0.2) is 0 Å². The summed E-state index contributed by atoms with van der Waals surface area (Å²) >= 11 is 0. The molecule has 0 spiro atoms. The van der Waals surface area contributed by atoms with Crippen molar-refractivity contribution in [2.45, 2.75) is 19.0 Å². The molecule has 0 atom stereocenters. The summed E-state index contributed by atoms with van der Waals surface area (Å²) < 4.78 is 62.8. The number of hydrogen-bond acceptors (Lipinski definition) is 4. The van der Waals surface area contributed by atoms with E-state index in [-0.39, 0.29) is 12.2 Å². The topological polar surface area (TPSA) is 79.4 Å². The summed E-state index contributed by atoms with van der Waals surface area (Å²) in [4.78, 5) is 15.4. The third-order valence-electron chi connectivity index (χ3n) is 4.00. The van der Waals surface area contributed by atoms with E-state index < -0.39 is 27.8 Å². The molecule has 0 radical (unpaired) electrons. The molecule has 10 heteroatoms. The van der Waals surface area contributed by atoms with Crippen molar-refractivity contribution in [3.8, 4) is 0 Å². The zero-order valence-electron chi connectivity index (χ0n) is 14.0. The largest absolute Gasteiger partial charge is 0.433 e. The van der Waals surface area contributed by atoms with Crippen molar-refractivity contribution in [3.63, 3.8) is 0 Å². The van der Waals surface area contributed by atoms with Gasteiger partial charge < -0.3 is 5.32 Å². The van der Waals surface area contributed by atoms with Crippen LogP contribution in [0.15, 0.2) is 42.6 Å². The Kier molecular flexibility index (Phi) is 5.09. The smallest absolute Gasteiger partial charge is 0.326 e. The maximum absolute atomic E-state index is 12.5. The SMILES string of the molecule is O=C(Cc1ccc(C(F)(F)F)nc1)Nc1cccc(N2CCCS2(=O)=O)c1. The second-order valence-corrected chi connectivity index (χ2v) is 8.08. The van der Waals surface area contributed by atoms with E-state index in [4.69, 9.17) is 0 Å². The summed E-state index contributed by atoms with van der Waals surface area (Å²) in [7, 11) is -3.33. The summed E-state index contributed by atoms with van der Waals surface area (Å²) in [5.41, 5.74) is 0.172. The van der Waals surface area contributed by atoms with Crippen LogP contribution in [0, 0.1) is 0 Å². The number of benzene rings is 1. The molecule has 0 saturated carbocycles. The average molecular weight is 399 g/mol. The van der Waals surface area contributed by atoms with Crippen LogP contribution in [-0.2, 0) is 27.4 Å². The van der Waals surface area contributed by atoms with E-state index >= 15 is 0 Å². The molecule has 6 nitrogen and oxygen atoms in total. The Bertz CT molecular complexity index is 944. The molecule has 1 aromatic carbocycles. The van der Waals surface area contributed by atoms with Gasteiger partial charge in [-0.15, -0.1) is 0 Å². The molecular weight excluding hydrogens is 383 g/mol. The zero-order valence-corrected chi connectivity index (χ0v) is 14.8. The van der Waals surface area contributed by atoms with Gasteiger partial charge in [0.2, 0.25) is 15.9 Å². The molecule has 3 rings (SSSR count). The fourth-order valence-electron chi connectivity index (χ4n) is 2.76. The number of rotatable bonds is 4. The van der Waals surface area contributed by atoms with Crippen LogP contribution in [0.1, 0.15) is 17.7 Å². The van der Waals surface area contributed by atoms with Crippen LogP contribution < -0.4 is 9.62 Å². The van der Waals surface area contributed by atoms with Crippen LogP contribution >= 0.6 is 0 Å². The number of anilines is 2. The molecule has 1 fully saturated rings. The van der Waals surface area contributed by atoms with Gasteiger partial charge in [0.25, 0.3) is 0 Å². The van der Waals surface area contributed by atoms with Crippen molar-refractivity contribution >= 4 is 27.3 Å². The third kappa shape index (κ3) is 4.57. The lowest BCUT2D eigenvalue weighted by atomic mass is 10.2. The van der Waals surface area contributed by atoms with E-state index in [2.05, 4.69) is 10.3 Å². The van der Waals surface area contributed by atoms with Crippen molar-refractivity contribution in [2.24, 2.45) is 0 Å². The number of amides is 1. The van der Waals surface area contributed by atoms with Gasteiger partial charge in [-0.1, -0.05) is 12.1 Å². The van der Waals surface area contributed by atoms with Gasteiger partial charge in [-0.25, -0.2) is 8.42 Å². The maximum atomic E-state index is 12.5. The molecule has 0 aliphatic carbocycles. The highest BCUT2D eigenvalue weighted by atomic mass is 32.2. The van der Waals surface area contributed by atoms with Gasteiger partial charge in [0, 0.05) is 18.4 Å². The molecule has 0 unspecified atom stereocenters. The van der Waals surface area contributed by atoms with E-state index in [1.54, 1.807) is 24.3 Å². The molecule has 2 heterocycles. The predicted octanol–water partition coefficient (Wildman–Crippen LogP) is 2.82. The highest BCUT2D eigenvalue weighted by molar-refractivity contribution is 7.93. The first-order chi connectivity index (χ1) is 12.6. The highest BCUT2D eigenvalue weighted by Crippen LogP contribution is 2.28. The number of sulfonamides is 1. The summed E-state index contributed by atoms with van der Waals surface area (Å²) in [6.45, 7) is 0.386. The van der Waals surface area contributed by atoms with Crippen molar-refractivity contribution in [1.29, 1.82) is 0 Å². The number of halogens is 3. The standard InChI is InChI=1S/C17H16F3N3O3S/c18-17(19,20)15-6-5-12(11-21-15)9-16(24)22-13-3-1-4-14(10-13)23-7-2-8-27(23,25)26/h1,3-6,10-11H,2,7-9H2,(H,22,24). The number of carbonyl (C=O) groups excluding carboxylic acids is 1. The molecule has 1 N–H and O–H groups in total. The monoisotopic (exact) mass is 399 g/mol. The Morgan fingerprint density at radius 2 is 2.00 bits per heavy atom. The predicted molar refractivity (Wildman–Crippen MR) is 93.8 cm³/mol. The lowest BCUT2D eigenvalue weighted by molar-refractivity contribution is -0.141.